The van der Waals surface area contributed by atoms with Gasteiger partial charge in [-0.05, 0) is 18.2 Å². The summed E-state index contributed by atoms with van der Waals surface area (Å²) in [5, 5.41) is 2.79. The van der Waals surface area contributed by atoms with Gasteiger partial charge in [-0.3, -0.25) is 9.78 Å². The number of rotatable bonds is 4. The third-order valence-corrected chi connectivity index (χ3v) is 4.11. The van der Waals surface area contributed by atoms with E-state index in [0.29, 0.717) is 30.4 Å². The topological polar surface area (TPSA) is 51.2 Å². The zero-order chi connectivity index (χ0) is 18.9. The lowest BCUT2D eigenvalue weighted by Crippen LogP contribution is -2.48. The quantitative estimate of drug-likeness (QED) is 0.832. The highest BCUT2D eigenvalue weighted by Crippen LogP contribution is 2.34. The predicted octanol–water partition coefficient (Wildman–Crippen LogP) is 3.95. The number of hydrogen-bond donors (Lipinski definition) is 1. The van der Waals surface area contributed by atoms with Crippen molar-refractivity contribution in [1.29, 1.82) is 0 Å². The molecule has 1 amide bonds. The summed E-state index contributed by atoms with van der Waals surface area (Å²) in [4.78, 5) is 15.0. The van der Waals surface area contributed by atoms with E-state index in [1.807, 2.05) is 0 Å². The van der Waals surface area contributed by atoms with E-state index in [1.165, 1.54) is 19.2 Å². The average molecular weight is 368 g/mol. The van der Waals surface area contributed by atoms with Crippen LogP contribution in [-0.2, 0) is 11.0 Å². The van der Waals surface area contributed by atoms with Gasteiger partial charge in [0.2, 0.25) is 5.91 Å². The SMILES string of the molecule is CC(=O)NC1CC(Oc2ccnc(-c3ccc(C(F)(F)F)c(F)c3)c2)C1. The summed E-state index contributed by atoms with van der Waals surface area (Å²) < 4.78 is 57.4. The Morgan fingerprint density at radius 2 is 1.96 bits per heavy atom. The molecule has 1 saturated carbocycles. The van der Waals surface area contributed by atoms with Gasteiger partial charge in [-0.25, -0.2) is 4.39 Å². The van der Waals surface area contributed by atoms with Gasteiger partial charge in [-0.2, -0.15) is 13.2 Å². The molecule has 26 heavy (non-hydrogen) atoms. The maximum absolute atomic E-state index is 13.7. The summed E-state index contributed by atoms with van der Waals surface area (Å²) in [5.41, 5.74) is -0.773. The Bertz CT molecular complexity index is 817. The summed E-state index contributed by atoms with van der Waals surface area (Å²) in [6.07, 6.45) is -2.01. The fourth-order valence-electron chi connectivity index (χ4n) is 2.81. The molecule has 0 atom stereocenters. The van der Waals surface area contributed by atoms with Crippen molar-refractivity contribution in [3.05, 3.63) is 47.9 Å². The van der Waals surface area contributed by atoms with E-state index in [0.717, 1.165) is 6.07 Å². The number of ether oxygens (including phenoxy) is 1. The van der Waals surface area contributed by atoms with Crippen LogP contribution in [0.4, 0.5) is 17.6 Å². The Kier molecular flexibility index (Phi) is 4.84. The van der Waals surface area contributed by atoms with Gasteiger partial charge in [0, 0.05) is 43.6 Å². The molecule has 138 valence electrons. The minimum Gasteiger partial charge on any atom is -0.490 e. The van der Waals surface area contributed by atoms with E-state index in [-0.39, 0.29) is 23.6 Å². The number of amides is 1. The lowest BCUT2D eigenvalue weighted by Gasteiger charge is -2.35. The van der Waals surface area contributed by atoms with Crippen LogP contribution in [0, 0.1) is 5.82 Å². The van der Waals surface area contributed by atoms with Crippen molar-refractivity contribution >= 4 is 5.91 Å². The first-order valence-electron chi connectivity index (χ1n) is 7.99. The molecule has 0 saturated heterocycles. The van der Waals surface area contributed by atoms with E-state index >= 15 is 0 Å². The van der Waals surface area contributed by atoms with Gasteiger partial charge in [0.25, 0.3) is 0 Å². The maximum Gasteiger partial charge on any atom is 0.419 e. The van der Waals surface area contributed by atoms with Gasteiger partial charge >= 0.3 is 6.18 Å². The number of carbonyl (C=O) groups is 1. The molecule has 0 radical (unpaired) electrons. The average Bonchev–Trinajstić information content (AvgIpc) is 2.51. The lowest BCUT2D eigenvalue weighted by molar-refractivity contribution is -0.140. The monoisotopic (exact) mass is 368 g/mol. The van der Waals surface area contributed by atoms with Gasteiger partial charge < -0.3 is 10.1 Å². The number of carbonyl (C=O) groups excluding carboxylic acids is 1. The molecule has 1 aromatic carbocycles. The number of pyridine rings is 1. The van der Waals surface area contributed by atoms with Crippen LogP contribution >= 0.6 is 0 Å². The molecule has 3 rings (SSSR count). The highest BCUT2D eigenvalue weighted by Gasteiger charge is 2.34. The minimum absolute atomic E-state index is 0.0635. The smallest absolute Gasteiger partial charge is 0.419 e. The van der Waals surface area contributed by atoms with Crippen LogP contribution in [0.15, 0.2) is 36.5 Å². The molecule has 0 unspecified atom stereocenters. The third-order valence-electron chi connectivity index (χ3n) is 4.11. The molecule has 1 aromatic heterocycles. The normalized spacial score (nSPS) is 19.6. The van der Waals surface area contributed by atoms with Crippen LogP contribution in [0.2, 0.25) is 0 Å². The van der Waals surface area contributed by atoms with Crippen LogP contribution in [0.3, 0.4) is 0 Å². The first-order valence-corrected chi connectivity index (χ1v) is 7.99. The first-order chi connectivity index (χ1) is 12.2. The van der Waals surface area contributed by atoms with Crippen molar-refractivity contribution < 1.29 is 27.1 Å². The largest absolute Gasteiger partial charge is 0.490 e. The molecule has 8 heteroatoms. The second-order valence-corrected chi connectivity index (χ2v) is 6.18. The van der Waals surface area contributed by atoms with Crippen LogP contribution in [0.1, 0.15) is 25.3 Å². The van der Waals surface area contributed by atoms with Crippen molar-refractivity contribution in [1.82, 2.24) is 10.3 Å². The van der Waals surface area contributed by atoms with E-state index in [4.69, 9.17) is 4.74 Å². The fraction of sp³-hybridized carbons (Fsp3) is 0.333. The number of nitrogens with zero attached hydrogens (tertiary/aromatic N) is 1. The molecule has 0 aliphatic heterocycles. The Morgan fingerprint density at radius 1 is 1.23 bits per heavy atom. The molecule has 0 spiro atoms. The Morgan fingerprint density at radius 3 is 2.58 bits per heavy atom. The molecule has 4 nitrogen and oxygen atoms in total. The van der Waals surface area contributed by atoms with E-state index in [2.05, 4.69) is 10.3 Å². The number of aromatic nitrogens is 1. The molecule has 1 aliphatic carbocycles. The number of alkyl halides is 3. The minimum atomic E-state index is -4.74. The molecule has 1 aliphatic rings. The van der Waals surface area contributed by atoms with E-state index in [1.54, 1.807) is 12.1 Å². The number of hydrogen-bond acceptors (Lipinski definition) is 3. The van der Waals surface area contributed by atoms with Crippen LogP contribution < -0.4 is 10.1 Å². The number of nitrogens with one attached hydrogen (secondary N) is 1. The van der Waals surface area contributed by atoms with Gasteiger partial charge in [-0.1, -0.05) is 6.07 Å². The summed E-state index contributed by atoms with van der Waals surface area (Å²) in [5.74, 6) is -0.953. The van der Waals surface area contributed by atoms with Crippen molar-refractivity contribution in [2.45, 2.75) is 38.1 Å². The second-order valence-electron chi connectivity index (χ2n) is 6.18. The number of halogens is 4. The van der Waals surface area contributed by atoms with E-state index < -0.39 is 17.6 Å². The highest BCUT2D eigenvalue weighted by molar-refractivity contribution is 5.73. The van der Waals surface area contributed by atoms with E-state index in [9.17, 15) is 22.4 Å². The van der Waals surface area contributed by atoms with Gasteiger partial charge in [-0.15, -0.1) is 0 Å². The molecule has 2 aromatic rings. The van der Waals surface area contributed by atoms with Gasteiger partial charge in [0.15, 0.2) is 0 Å². The summed E-state index contributed by atoms with van der Waals surface area (Å²) in [6, 6.07) is 5.94. The Hall–Kier alpha value is -2.64. The molecule has 0 bridgehead atoms. The van der Waals surface area contributed by atoms with Crippen molar-refractivity contribution in [2.24, 2.45) is 0 Å². The zero-order valence-corrected chi connectivity index (χ0v) is 13.8. The molecule has 1 fully saturated rings. The summed E-state index contributed by atoms with van der Waals surface area (Å²) >= 11 is 0. The summed E-state index contributed by atoms with van der Waals surface area (Å²) in [6.45, 7) is 1.45. The number of benzene rings is 1. The summed E-state index contributed by atoms with van der Waals surface area (Å²) in [7, 11) is 0. The van der Waals surface area contributed by atoms with Crippen LogP contribution in [-0.4, -0.2) is 23.0 Å². The molecular formula is C18H16F4N2O2. The fourth-order valence-corrected chi connectivity index (χ4v) is 2.81. The Balaban J connectivity index is 1.70. The molecular weight excluding hydrogens is 352 g/mol. The van der Waals surface area contributed by atoms with Crippen LogP contribution in [0.5, 0.6) is 5.75 Å². The second kappa shape index (κ2) is 6.93. The highest BCUT2D eigenvalue weighted by atomic mass is 19.4. The van der Waals surface area contributed by atoms with Gasteiger partial charge in [0.05, 0.1) is 11.3 Å². The van der Waals surface area contributed by atoms with Crippen molar-refractivity contribution in [3.8, 4) is 17.0 Å². The van der Waals surface area contributed by atoms with Crippen LogP contribution in [0.25, 0.3) is 11.3 Å². The lowest BCUT2D eigenvalue weighted by atomic mass is 9.89. The third kappa shape index (κ3) is 4.12. The van der Waals surface area contributed by atoms with Gasteiger partial charge in [0.1, 0.15) is 17.7 Å². The zero-order valence-electron chi connectivity index (χ0n) is 13.8. The molecule has 1 heterocycles. The van der Waals surface area contributed by atoms with Crippen molar-refractivity contribution in [2.75, 3.05) is 0 Å². The maximum atomic E-state index is 13.7. The first kappa shape index (κ1) is 18.2. The Labute approximate surface area is 147 Å². The van der Waals surface area contributed by atoms with Crippen molar-refractivity contribution in [3.63, 3.8) is 0 Å². The standard InChI is InChI=1S/C18H16F4N2O2/c1-10(25)24-12-7-14(8-12)26-13-4-5-23-17(9-13)11-2-3-15(16(19)6-11)18(20,21)22/h2-6,9,12,14H,7-8H2,1H3,(H,24,25). The molecule has 1 N–H and O–H groups in total. The predicted molar refractivity (Wildman–Crippen MR) is 85.9 cm³/mol.